The topological polar surface area (TPSA) is 63.6 Å². The highest BCUT2D eigenvalue weighted by atomic mass is 16.5. The molecular formula is C10H10O4. The van der Waals surface area contributed by atoms with Crippen LogP contribution in [0.25, 0.3) is 0 Å². The van der Waals surface area contributed by atoms with E-state index in [9.17, 15) is 14.7 Å². The Labute approximate surface area is 81.1 Å². The Morgan fingerprint density at radius 3 is 2.43 bits per heavy atom. The van der Waals surface area contributed by atoms with Crippen LogP contribution in [0.2, 0.25) is 0 Å². The molecule has 0 saturated carbocycles. The van der Waals surface area contributed by atoms with Gasteiger partial charge in [-0.1, -0.05) is 24.3 Å². The monoisotopic (exact) mass is 194 g/mol. The van der Waals surface area contributed by atoms with E-state index in [0.29, 0.717) is 17.4 Å². The van der Waals surface area contributed by atoms with Gasteiger partial charge in [0.05, 0.1) is 7.11 Å². The minimum atomic E-state index is -1.29. The number of methoxy groups -OCH3 is 1. The highest BCUT2D eigenvalue weighted by Gasteiger charge is 2.17. The summed E-state index contributed by atoms with van der Waals surface area (Å²) in [6, 6.07) is 6.06. The molecule has 0 bridgehead atoms. The zero-order chi connectivity index (χ0) is 10.6. The molecule has 0 fully saturated rings. The summed E-state index contributed by atoms with van der Waals surface area (Å²) < 4.78 is 4.36. The Balaban J connectivity index is 2.86. The van der Waals surface area contributed by atoms with Crippen LogP contribution in [0.4, 0.5) is 0 Å². The van der Waals surface area contributed by atoms with Crippen molar-refractivity contribution in [3.63, 3.8) is 0 Å². The number of carbonyl (C=O) groups is 2. The molecule has 0 saturated heterocycles. The van der Waals surface area contributed by atoms with Crippen LogP contribution in [0.1, 0.15) is 22.0 Å². The number of aliphatic hydroxyl groups excluding tert-OH is 1. The summed E-state index contributed by atoms with van der Waals surface area (Å²) in [6.45, 7) is 0. The molecule has 1 unspecified atom stereocenters. The van der Waals surface area contributed by atoms with Crippen molar-refractivity contribution in [3.05, 3.63) is 35.4 Å². The quantitative estimate of drug-likeness (QED) is 0.568. The van der Waals surface area contributed by atoms with E-state index >= 15 is 0 Å². The Morgan fingerprint density at radius 2 is 2.00 bits per heavy atom. The maximum Gasteiger partial charge on any atom is 0.339 e. The molecule has 1 aromatic rings. The van der Waals surface area contributed by atoms with Crippen LogP contribution in [0, 0.1) is 0 Å². The first-order valence-corrected chi connectivity index (χ1v) is 4.00. The number of aliphatic hydroxyl groups is 1. The van der Waals surface area contributed by atoms with Crippen molar-refractivity contribution in [3.8, 4) is 0 Å². The Hall–Kier alpha value is -1.68. The third-order valence-electron chi connectivity index (χ3n) is 1.81. The summed E-state index contributed by atoms with van der Waals surface area (Å²) in [5.41, 5.74) is 0.897. The number of hydrogen-bond donors (Lipinski definition) is 1. The predicted molar refractivity (Wildman–Crippen MR) is 48.8 cm³/mol. The van der Waals surface area contributed by atoms with Crippen LogP contribution in [0.15, 0.2) is 24.3 Å². The molecule has 0 radical (unpaired) electrons. The van der Waals surface area contributed by atoms with Gasteiger partial charge in [-0.25, -0.2) is 4.79 Å². The van der Waals surface area contributed by atoms with E-state index in [-0.39, 0.29) is 0 Å². The van der Waals surface area contributed by atoms with Crippen molar-refractivity contribution in [1.82, 2.24) is 0 Å². The zero-order valence-corrected chi connectivity index (χ0v) is 7.64. The Bertz CT molecular complexity index is 328. The Kier molecular flexibility index (Phi) is 3.36. The molecule has 1 atom stereocenters. The molecule has 74 valence electrons. The largest absolute Gasteiger partial charge is 0.467 e. The zero-order valence-electron chi connectivity index (χ0n) is 7.64. The van der Waals surface area contributed by atoms with E-state index in [0.717, 1.165) is 0 Å². The fourth-order valence-corrected chi connectivity index (χ4v) is 1.00. The number of ether oxygens (including phenoxy) is 1. The predicted octanol–water partition coefficient (Wildman–Crippen LogP) is 0.706. The smallest absolute Gasteiger partial charge is 0.339 e. The van der Waals surface area contributed by atoms with Gasteiger partial charge in [0.15, 0.2) is 6.10 Å². The number of benzene rings is 1. The molecule has 4 heteroatoms. The Morgan fingerprint density at radius 1 is 1.43 bits per heavy atom. The highest BCUT2D eigenvalue weighted by Crippen LogP contribution is 2.14. The molecule has 1 rings (SSSR count). The fourth-order valence-electron chi connectivity index (χ4n) is 1.00. The summed E-state index contributed by atoms with van der Waals surface area (Å²) in [6.07, 6.45) is -0.602. The van der Waals surface area contributed by atoms with Crippen LogP contribution in [0.3, 0.4) is 0 Å². The first-order valence-electron chi connectivity index (χ1n) is 4.00. The van der Waals surface area contributed by atoms with E-state index in [1.54, 1.807) is 0 Å². The lowest BCUT2D eigenvalue weighted by Crippen LogP contribution is -2.13. The van der Waals surface area contributed by atoms with Crippen LogP contribution >= 0.6 is 0 Å². The molecule has 14 heavy (non-hydrogen) atoms. The molecule has 0 aromatic heterocycles. The second-order valence-corrected chi connectivity index (χ2v) is 2.71. The molecule has 0 amide bonds. The van der Waals surface area contributed by atoms with Gasteiger partial charge in [0.1, 0.15) is 6.29 Å². The minimum absolute atomic E-state index is 0.405. The lowest BCUT2D eigenvalue weighted by atomic mass is 10.1. The summed E-state index contributed by atoms with van der Waals surface area (Å²) in [5, 5.41) is 9.39. The van der Waals surface area contributed by atoms with Crippen LogP contribution in [0.5, 0.6) is 0 Å². The second kappa shape index (κ2) is 4.53. The molecule has 0 aliphatic carbocycles. The van der Waals surface area contributed by atoms with E-state index in [1.165, 1.54) is 31.4 Å². The SMILES string of the molecule is COC(=O)C(O)c1ccc(C=O)cc1. The summed E-state index contributed by atoms with van der Waals surface area (Å²) >= 11 is 0. The molecule has 1 aromatic carbocycles. The normalized spacial score (nSPS) is 11.9. The number of aldehydes is 1. The third kappa shape index (κ3) is 2.17. The average Bonchev–Trinajstić information content (AvgIpc) is 2.27. The third-order valence-corrected chi connectivity index (χ3v) is 1.81. The maximum absolute atomic E-state index is 10.9. The van der Waals surface area contributed by atoms with Crippen molar-refractivity contribution < 1.29 is 19.4 Å². The van der Waals surface area contributed by atoms with Gasteiger partial charge in [-0.3, -0.25) is 4.79 Å². The van der Waals surface area contributed by atoms with Crippen molar-refractivity contribution in [2.45, 2.75) is 6.10 Å². The van der Waals surface area contributed by atoms with Crippen LogP contribution in [-0.2, 0) is 9.53 Å². The summed E-state index contributed by atoms with van der Waals surface area (Å²) in [5.74, 6) is -0.719. The average molecular weight is 194 g/mol. The standard InChI is InChI=1S/C10H10O4/c1-14-10(13)9(12)8-4-2-7(6-11)3-5-8/h2-6,9,12H,1H3. The van der Waals surface area contributed by atoms with Gasteiger partial charge in [0.25, 0.3) is 0 Å². The van der Waals surface area contributed by atoms with Gasteiger partial charge < -0.3 is 9.84 Å². The molecule has 4 nitrogen and oxygen atoms in total. The number of hydrogen-bond acceptors (Lipinski definition) is 4. The van der Waals surface area contributed by atoms with Crippen molar-refractivity contribution in [2.75, 3.05) is 7.11 Å². The van der Waals surface area contributed by atoms with Gasteiger partial charge in [0.2, 0.25) is 0 Å². The molecular weight excluding hydrogens is 184 g/mol. The lowest BCUT2D eigenvalue weighted by Gasteiger charge is -2.07. The van der Waals surface area contributed by atoms with Crippen LogP contribution in [-0.4, -0.2) is 24.5 Å². The first kappa shape index (κ1) is 10.4. The van der Waals surface area contributed by atoms with Gasteiger partial charge >= 0.3 is 5.97 Å². The van der Waals surface area contributed by atoms with Gasteiger partial charge in [-0.05, 0) is 5.56 Å². The summed E-state index contributed by atoms with van der Waals surface area (Å²) in [7, 11) is 1.20. The minimum Gasteiger partial charge on any atom is -0.467 e. The van der Waals surface area contributed by atoms with Crippen molar-refractivity contribution in [1.29, 1.82) is 0 Å². The fraction of sp³-hybridized carbons (Fsp3) is 0.200. The molecule has 0 spiro atoms. The summed E-state index contributed by atoms with van der Waals surface area (Å²) in [4.78, 5) is 21.2. The molecule has 0 heterocycles. The van der Waals surface area contributed by atoms with Gasteiger partial charge in [-0.15, -0.1) is 0 Å². The van der Waals surface area contributed by atoms with Crippen LogP contribution < -0.4 is 0 Å². The molecule has 0 aliphatic rings. The van der Waals surface area contributed by atoms with Gasteiger partial charge in [-0.2, -0.15) is 0 Å². The first-order chi connectivity index (χ1) is 6.69. The molecule has 1 N–H and O–H groups in total. The molecule has 0 aliphatic heterocycles. The van der Waals surface area contributed by atoms with E-state index < -0.39 is 12.1 Å². The second-order valence-electron chi connectivity index (χ2n) is 2.71. The maximum atomic E-state index is 10.9. The van der Waals surface area contributed by atoms with E-state index in [4.69, 9.17) is 0 Å². The van der Waals surface area contributed by atoms with E-state index in [2.05, 4.69) is 4.74 Å². The number of esters is 1. The van der Waals surface area contributed by atoms with E-state index in [1.807, 2.05) is 0 Å². The van der Waals surface area contributed by atoms with Crippen molar-refractivity contribution in [2.24, 2.45) is 0 Å². The lowest BCUT2D eigenvalue weighted by molar-refractivity contribution is -0.150. The van der Waals surface area contributed by atoms with Gasteiger partial charge in [0, 0.05) is 5.56 Å². The number of carbonyl (C=O) groups excluding carboxylic acids is 2. The highest BCUT2D eigenvalue weighted by molar-refractivity contribution is 5.78. The van der Waals surface area contributed by atoms with Crippen molar-refractivity contribution >= 4 is 12.3 Å². The number of rotatable bonds is 3.